The highest BCUT2D eigenvalue weighted by atomic mass is 32.2. The summed E-state index contributed by atoms with van der Waals surface area (Å²) in [5.41, 5.74) is 4.01. The van der Waals surface area contributed by atoms with E-state index in [2.05, 4.69) is 17.1 Å². The summed E-state index contributed by atoms with van der Waals surface area (Å²) >= 11 is 1.57. The van der Waals surface area contributed by atoms with Crippen LogP contribution in [0, 0.1) is 0 Å². The average molecular weight is 407 g/mol. The van der Waals surface area contributed by atoms with Crippen molar-refractivity contribution in [2.75, 3.05) is 6.61 Å². The quantitative estimate of drug-likeness (QED) is 0.436. The summed E-state index contributed by atoms with van der Waals surface area (Å²) in [6.45, 7) is 2.51. The molecule has 29 heavy (non-hydrogen) atoms. The fourth-order valence-corrected chi connectivity index (χ4v) is 4.19. The Morgan fingerprint density at radius 2 is 2.00 bits per heavy atom. The van der Waals surface area contributed by atoms with Crippen LogP contribution in [-0.2, 0) is 23.5 Å². The topological polar surface area (TPSA) is 61.2 Å². The predicted octanol–water partition coefficient (Wildman–Crippen LogP) is 4.12. The molecular weight excluding hydrogens is 384 g/mol. The Labute approximate surface area is 173 Å². The number of aromatic nitrogens is 2. The van der Waals surface area contributed by atoms with Crippen LogP contribution in [0.4, 0.5) is 0 Å². The van der Waals surface area contributed by atoms with Crippen LogP contribution in [0.3, 0.4) is 0 Å². The highest BCUT2D eigenvalue weighted by Crippen LogP contribution is 2.33. The molecule has 2 aromatic carbocycles. The van der Waals surface area contributed by atoms with Crippen LogP contribution in [0.1, 0.15) is 24.5 Å². The largest absolute Gasteiger partial charge is 0.486 e. The van der Waals surface area contributed by atoms with Crippen LogP contribution in [0.25, 0.3) is 11.3 Å². The number of nitrogens with zero attached hydrogens (tertiary/aromatic N) is 2. The van der Waals surface area contributed by atoms with Crippen LogP contribution in [-0.4, -0.2) is 21.9 Å². The van der Waals surface area contributed by atoms with Gasteiger partial charge in [-0.3, -0.25) is 9.36 Å². The molecule has 1 aliphatic rings. The number of fused-ring (bicyclic) bond motifs is 3. The number of thioether (sulfide) groups is 1. The number of hydrogen-bond acceptors (Lipinski definition) is 5. The first kappa shape index (κ1) is 19.5. The zero-order valence-electron chi connectivity index (χ0n) is 16.3. The van der Waals surface area contributed by atoms with Gasteiger partial charge in [0.05, 0.1) is 5.69 Å². The van der Waals surface area contributed by atoms with Gasteiger partial charge in [-0.25, -0.2) is 4.79 Å². The van der Waals surface area contributed by atoms with Crippen molar-refractivity contribution in [1.82, 2.24) is 9.55 Å². The molecule has 0 aliphatic carbocycles. The molecule has 6 heteroatoms. The van der Waals surface area contributed by atoms with Gasteiger partial charge in [-0.1, -0.05) is 37.3 Å². The Morgan fingerprint density at radius 3 is 2.79 bits per heavy atom. The molecule has 0 saturated carbocycles. The van der Waals surface area contributed by atoms with E-state index in [0.29, 0.717) is 18.7 Å². The van der Waals surface area contributed by atoms with Crippen molar-refractivity contribution in [3.8, 4) is 17.0 Å². The lowest BCUT2D eigenvalue weighted by molar-refractivity contribution is -0.120. The normalized spacial score (nSPS) is 12.2. The van der Waals surface area contributed by atoms with Crippen molar-refractivity contribution in [3.05, 3.63) is 76.2 Å². The Bertz CT molecular complexity index is 1090. The Morgan fingerprint density at radius 1 is 1.17 bits per heavy atom. The van der Waals surface area contributed by atoms with E-state index in [1.807, 2.05) is 49.4 Å². The summed E-state index contributed by atoms with van der Waals surface area (Å²) < 4.78 is 7.35. The standard InChI is InChI=1S/C23H22N2O3S/c1-2-18(26)14-28-19-8-9-20-17(12-19)10-11-25-21(20)13-22(24-23(25)27)29-15-16-6-4-3-5-7-16/h3-9,12-13H,2,10-11,14-15H2,1H3. The molecule has 0 saturated heterocycles. The summed E-state index contributed by atoms with van der Waals surface area (Å²) in [4.78, 5) is 28.3. The molecular formula is C23H22N2O3S. The zero-order chi connectivity index (χ0) is 20.2. The summed E-state index contributed by atoms with van der Waals surface area (Å²) in [5.74, 6) is 1.53. The highest BCUT2D eigenvalue weighted by Gasteiger charge is 2.19. The number of ether oxygens (including phenoxy) is 1. The van der Waals surface area contributed by atoms with E-state index in [1.165, 1.54) is 5.56 Å². The number of Topliss-reactive ketones (excluding diaryl/α,β-unsaturated/α-hetero) is 1. The van der Waals surface area contributed by atoms with Crippen molar-refractivity contribution < 1.29 is 9.53 Å². The second kappa shape index (κ2) is 8.66. The van der Waals surface area contributed by atoms with Crippen molar-refractivity contribution in [2.24, 2.45) is 0 Å². The molecule has 0 unspecified atom stereocenters. The third-order valence-electron chi connectivity index (χ3n) is 4.97. The van der Waals surface area contributed by atoms with Gasteiger partial charge < -0.3 is 4.74 Å². The number of benzene rings is 2. The number of hydrogen-bond donors (Lipinski definition) is 0. The van der Waals surface area contributed by atoms with Crippen LogP contribution in [0.15, 0.2) is 64.4 Å². The van der Waals surface area contributed by atoms with Crippen molar-refractivity contribution in [3.63, 3.8) is 0 Å². The van der Waals surface area contributed by atoms with E-state index in [4.69, 9.17) is 4.74 Å². The number of aryl methyl sites for hydroxylation is 1. The van der Waals surface area contributed by atoms with E-state index in [0.717, 1.165) is 34.0 Å². The minimum atomic E-state index is -0.211. The minimum Gasteiger partial charge on any atom is -0.486 e. The van der Waals surface area contributed by atoms with E-state index < -0.39 is 0 Å². The van der Waals surface area contributed by atoms with Gasteiger partial charge in [-0.15, -0.1) is 11.8 Å². The monoisotopic (exact) mass is 406 g/mol. The van der Waals surface area contributed by atoms with Crippen LogP contribution >= 0.6 is 11.8 Å². The van der Waals surface area contributed by atoms with Crippen LogP contribution in [0.5, 0.6) is 5.75 Å². The van der Waals surface area contributed by atoms with Gasteiger partial charge in [0.1, 0.15) is 17.4 Å². The molecule has 2 heterocycles. The molecule has 0 amide bonds. The molecule has 0 atom stereocenters. The number of carbonyl (C=O) groups excluding carboxylic acids is 1. The maximum absolute atomic E-state index is 12.6. The molecule has 0 bridgehead atoms. The van der Waals surface area contributed by atoms with Crippen molar-refractivity contribution in [2.45, 2.75) is 37.1 Å². The second-order valence-electron chi connectivity index (χ2n) is 6.94. The van der Waals surface area contributed by atoms with Crippen LogP contribution < -0.4 is 10.4 Å². The first-order chi connectivity index (χ1) is 14.1. The third kappa shape index (κ3) is 4.43. The van der Waals surface area contributed by atoms with E-state index >= 15 is 0 Å². The third-order valence-corrected chi connectivity index (χ3v) is 5.95. The van der Waals surface area contributed by atoms with E-state index in [-0.39, 0.29) is 18.1 Å². The lowest BCUT2D eigenvalue weighted by Crippen LogP contribution is -2.28. The molecule has 0 spiro atoms. The molecule has 148 valence electrons. The van der Waals surface area contributed by atoms with Gasteiger partial charge >= 0.3 is 5.69 Å². The van der Waals surface area contributed by atoms with Gasteiger partial charge in [0.25, 0.3) is 0 Å². The Kier molecular flexibility index (Phi) is 5.81. The molecule has 0 radical (unpaired) electrons. The fraction of sp³-hybridized carbons (Fsp3) is 0.261. The number of carbonyl (C=O) groups is 1. The maximum atomic E-state index is 12.6. The van der Waals surface area contributed by atoms with Gasteiger partial charge in [-0.05, 0) is 41.8 Å². The highest BCUT2D eigenvalue weighted by molar-refractivity contribution is 7.98. The number of ketones is 1. The lowest BCUT2D eigenvalue weighted by atomic mass is 9.97. The summed E-state index contributed by atoms with van der Waals surface area (Å²) in [5, 5.41) is 0.729. The molecule has 5 nitrogen and oxygen atoms in total. The lowest BCUT2D eigenvalue weighted by Gasteiger charge is -2.22. The van der Waals surface area contributed by atoms with Crippen molar-refractivity contribution in [1.29, 1.82) is 0 Å². The van der Waals surface area contributed by atoms with E-state index in [9.17, 15) is 9.59 Å². The SMILES string of the molecule is CCC(=O)COc1ccc2c(c1)CCn1c-2cc(SCc2ccccc2)nc1=O. The molecule has 0 fully saturated rings. The van der Waals surface area contributed by atoms with Gasteiger partial charge in [0, 0.05) is 24.3 Å². The molecule has 4 rings (SSSR count). The Hall–Kier alpha value is -2.86. The average Bonchev–Trinajstić information content (AvgIpc) is 2.76. The zero-order valence-corrected chi connectivity index (χ0v) is 17.1. The smallest absolute Gasteiger partial charge is 0.349 e. The number of rotatable bonds is 7. The second-order valence-corrected chi connectivity index (χ2v) is 7.93. The van der Waals surface area contributed by atoms with Crippen LogP contribution in [0.2, 0.25) is 0 Å². The fourth-order valence-electron chi connectivity index (χ4n) is 3.34. The van der Waals surface area contributed by atoms with Gasteiger partial charge in [-0.2, -0.15) is 4.98 Å². The summed E-state index contributed by atoms with van der Waals surface area (Å²) in [6.07, 6.45) is 1.21. The van der Waals surface area contributed by atoms with Gasteiger partial charge in [0.15, 0.2) is 5.78 Å². The van der Waals surface area contributed by atoms with E-state index in [1.54, 1.807) is 16.3 Å². The van der Waals surface area contributed by atoms with Crippen molar-refractivity contribution >= 4 is 17.5 Å². The summed E-state index contributed by atoms with van der Waals surface area (Å²) in [6, 6.07) is 17.9. The minimum absolute atomic E-state index is 0.0748. The first-order valence-electron chi connectivity index (χ1n) is 9.70. The Balaban J connectivity index is 1.59. The summed E-state index contributed by atoms with van der Waals surface area (Å²) in [7, 11) is 0. The maximum Gasteiger partial charge on any atom is 0.349 e. The predicted molar refractivity (Wildman–Crippen MR) is 114 cm³/mol. The molecule has 0 N–H and O–H groups in total. The first-order valence-corrected chi connectivity index (χ1v) is 10.7. The van der Waals surface area contributed by atoms with Gasteiger partial charge in [0.2, 0.25) is 0 Å². The molecule has 1 aliphatic heterocycles. The molecule has 3 aromatic rings. The molecule has 1 aromatic heterocycles.